The number of hydrogen-bond donors (Lipinski definition) is 1. The maximum atomic E-state index is 13.5. The zero-order chi connectivity index (χ0) is 22.9. The largest absolute Gasteiger partial charge is 0.496 e. The molecular weight excluding hydrogens is 418 g/mol. The Morgan fingerprint density at radius 1 is 1.09 bits per heavy atom. The molecule has 2 aromatic carbocycles. The third-order valence-corrected chi connectivity index (χ3v) is 5.45. The van der Waals surface area contributed by atoms with Crippen molar-refractivity contribution in [2.24, 2.45) is 0 Å². The first-order valence-electron chi connectivity index (χ1n) is 10.7. The van der Waals surface area contributed by atoms with E-state index in [1.54, 1.807) is 7.11 Å². The number of carbonyl (C=O) groups is 2. The lowest BCUT2D eigenvalue weighted by Crippen LogP contribution is -2.47. The van der Waals surface area contributed by atoms with E-state index in [1.165, 1.54) is 6.07 Å². The van der Waals surface area contributed by atoms with Gasteiger partial charge in [-0.15, -0.1) is 0 Å². The van der Waals surface area contributed by atoms with Crippen molar-refractivity contribution in [2.45, 2.75) is 38.1 Å². The Morgan fingerprint density at radius 3 is 2.56 bits per heavy atom. The first-order valence-corrected chi connectivity index (χ1v) is 10.7. The van der Waals surface area contributed by atoms with E-state index >= 15 is 0 Å². The van der Waals surface area contributed by atoms with Crippen LogP contribution in [0, 0.1) is 11.6 Å². The number of likely N-dealkylation sites (tertiary alicyclic amines) is 1. The fourth-order valence-corrected chi connectivity index (χ4v) is 3.70. The lowest BCUT2D eigenvalue weighted by Gasteiger charge is -2.32. The predicted molar refractivity (Wildman–Crippen MR) is 116 cm³/mol. The molecule has 0 atom stereocenters. The number of carbonyl (C=O) groups excluding carboxylic acids is 2. The Labute approximate surface area is 186 Å². The highest BCUT2D eigenvalue weighted by atomic mass is 19.1. The van der Waals surface area contributed by atoms with Crippen LogP contribution < -0.4 is 14.8 Å². The van der Waals surface area contributed by atoms with Crippen LogP contribution in [0.3, 0.4) is 0 Å². The van der Waals surface area contributed by atoms with Gasteiger partial charge in [-0.1, -0.05) is 18.2 Å². The molecule has 1 fully saturated rings. The highest BCUT2D eigenvalue weighted by Crippen LogP contribution is 2.20. The minimum absolute atomic E-state index is 0.0215. The monoisotopic (exact) mass is 446 g/mol. The fourth-order valence-electron chi connectivity index (χ4n) is 3.70. The number of methoxy groups -OCH3 is 1. The maximum Gasteiger partial charge on any atom is 0.227 e. The molecule has 1 N–H and O–H groups in total. The van der Waals surface area contributed by atoms with Crippen LogP contribution in [0.25, 0.3) is 0 Å². The second-order valence-corrected chi connectivity index (χ2v) is 7.74. The summed E-state index contributed by atoms with van der Waals surface area (Å²) in [5.41, 5.74) is 0.859. The van der Waals surface area contributed by atoms with E-state index in [0.29, 0.717) is 38.1 Å². The quantitative estimate of drug-likeness (QED) is 0.599. The van der Waals surface area contributed by atoms with E-state index in [1.807, 2.05) is 29.2 Å². The highest BCUT2D eigenvalue weighted by Gasteiger charge is 2.24. The summed E-state index contributed by atoms with van der Waals surface area (Å²) in [6.07, 6.45) is 2.34. The molecule has 6 nitrogen and oxygen atoms in total. The van der Waals surface area contributed by atoms with Gasteiger partial charge in [0.05, 0.1) is 20.1 Å². The Kier molecular flexibility index (Phi) is 8.41. The lowest BCUT2D eigenvalue weighted by atomic mass is 10.0. The maximum absolute atomic E-state index is 13.5. The van der Waals surface area contributed by atoms with Gasteiger partial charge in [-0.3, -0.25) is 9.59 Å². The Hall–Kier alpha value is -3.16. The molecule has 172 valence electrons. The van der Waals surface area contributed by atoms with Crippen molar-refractivity contribution in [3.8, 4) is 11.5 Å². The van der Waals surface area contributed by atoms with E-state index < -0.39 is 11.6 Å². The molecule has 0 spiro atoms. The molecular formula is C24H28F2N2O4. The number of halogens is 2. The molecule has 0 aromatic heterocycles. The summed E-state index contributed by atoms with van der Waals surface area (Å²) in [4.78, 5) is 26.6. The van der Waals surface area contributed by atoms with Crippen LogP contribution in [-0.2, 0) is 16.0 Å². The summed E-state index contributed by atoms with van der Waals surface area (Å²) in [6.45, 7) is 1.34. The van der Waals surface area contributed by atoms with E-state index in [0.717, 1.165) is 17.7 Å². The highest BCUT2D eigenvalue weighted by molar-refractivity contribution is 5.80. The summed E-state index contributed by atoms with van der Waals surface area (Å²) >= 11 is 0. The molecule has 0 unspecified atom stereocenters. The molecule has 8 heteroatoms. The van der Waals surface area contributed by atoms with Crippen LogP contribution in [0.5, 0.6) is 11.5 Å². The Balaban J connectivity index is 1.34. The smallest absolute Gasteiger partial charge is 0.227 e. The molecule has 0 radical (unpaired) electrons. The van der Waals surface area contributed by atoms with Gasteiger partial charge in [0.15, 0.2) is 11.6 Å². The van der Waals surface area contributed by atoms with Crippen molar-refractivity contribution in [3.63, 3.8) is 0 Å². The van der Waals surface area contributed by atoms with Crippen LogP contribution >= 0.6 is 0 Å². The van der Waals surface area contributed by atoms with Crippen LogP contribution in [0.15, 0.2) is 42.5 Å². The lowest BCUT2D eigenvalue weighted by molar-refractivity contribution is -0.131. The standard InChI is InChI=1S/C24H28F2N2O4/c1-31-21-6-3-2-5-17(21)15-24(30)28-12-10-19(11-13-28)27-23(29)7-4-14-32-22-9-8-18(25)16-20(22)26/h2-3,5-6,8-9,16,19H,4,7,10-15H2,1H3,(H,27,29). The molecule has 0 bridgehead atoms. The van der Waals surface area contributed by atoms with Crippen molar-refractivity contribution in [3.05, 3.63) is 59.7 Å². The van der Waals surface area contributed by atoms with Crippen molar-refractivity contribution in [2.75, 3.05) is 26.8 Å². The molecule has 0 aliphatic carbocycles. The average molecular weight is 446 g/mol. The van der Waals surface area contributed by atoms with Crippen LogP contribution in [0.4, 0.5) is 8.78 Å². The van der Waals surface area contributed by atoms with Gasteiger partial charge in [-0.2, -0.15) is 0 Å². The fraction of sp³-hybridized carbons (Fsp3) is 0.417. The number of rotatable bonds is 9. The van der Waals surface area contributed by atoms with Crippen molar-refractivity contribution >= 4 is 11.8 Å². The van der Waals surface area contributed by atoms with Gasteiger partial charge in [0.1, 0.15) is 11.6 Å². The van der Waals surface area contributed by atoms with Crippen molar-refractivity contribution in [1.82, 2.24) is 10.2 Å². The molecule has 1 heterocycles. The number of piperidine rings is 1. The molecule has 1 saturated heterocycles. The van der Waals surface area contributed by atoms with Gasteiger partial charge in [-0.05, 0) is 37.5 Å². The molecule has 2 amide bonds. The van der Waals surface area contributed by atoms with Gasteiger partial charge in [-0.25, -0.2) is 8.78 Å². The van der Waals surface area contributed by atoms with Gasteiger partial charge in [0.25, 0.3) is 0 Å². The summed E-state index contributed by atoms with van der Waals surface area (Å²) in [6, 6.07) is 10.6. The van der Waals surface area contributed by atoms with Gasteiger partial charge in [0.2, 0.25) is 11.8 Å². The summed E-state index contributed by atoms with van der Waals surface area (Å²) < 4.78 is 37.0. The van der Waals surface area contributed by atoms with Crippen LogP contribution in [0.1, 0.15) is 31.2 Å². The summed E-state index contributed by atoms with van der Waals surface area (Å²) in [7, 11) is 1.59. The average Bonchev–Trinajstić information content (AvgIpc) is 2.78. The van der Waals surface area contributed by atoms with Crippen molar-refractivity contribution < 1.29 is 27.8 Å². The topological polar surface area (TPSA) is 67.9 Å². The third kappa shape index (κ3) is 6.67. The first kappa shape index (κ1) is 23.5. The Morgan fingerprint density at radius 2 is 1.84 bits per heavy atom. The van der Waals surface area contributed by atoms with Crippen molar-refractivity contribution in [1.29, 1.82) is 0 Å². The van der Waals surface area contributed by atoms with Crippen LogP contribution in [0.2, 0.25) is 0 Å². The Bertz CT molecular complexity index is 930. The number of hydrogen-bond acceptors (Lipinski definition) is 4. The number of ether oxygens (including phenoxy) is 2. The second kappa shape index (κ2) is 11.5. The normalized spacial score (nSPS) is 14.2. The SMILES string of the molecule is COc1ccccc1CC(=O)N1CCC(NC(=O)CCCOc2ccc(F)cc2F)CC1. The molecule has 3 rings (SSSR count). The predicted octanol–water partition coefficient (Wildman–Crippen LogP) is 3.48. The van der Waals surface area contributed by atoms with Gasteiger partial charge in [0, 0.05) is 37.2 Å². The summed E-state index contributed by atoms with van der Waals surface area (Å²) in [5.74, 6) is -0.814. The van der Waals surface area contributed by atoms with Gasteiger partial charge >= 0.3 is 0 Å². The number of nitrogens with zero attached hydrogens (tertiary/aromatic N) is 1. The minimum atomic E-state index is -0.763. The molecule has 2 aromatic rings. The van der Waals surface area contributed by atoms with E-state index in [9.17, 15) is 18.4 Å². The summed E-state index contributed by atoms with van der Waals surface area (Å²) in [5, 5.41) is 2.99. The van der Waals surface area contributed by atoms with Crippen LogP contribution in [-0.4, -0.2) is 49.6 Å². The zero-order valence-electron chi connectivity index (χ0n) is 18.1. The van der Waals surface area contributed by atoms with E-state index in [4.69, 9.17) is 9.47 Å². The zero-order valence-corrected chi connectivity index (χ0v) is 18.1. The number of benzene rings is 2. The molecule has 1 aliphatic heterocycles. The number of amides is 2. The van der Waals surface area contributed by atoms with Gasteiger partial charge < -0.3 is 19.7 Å². The first-order chi connectivity index (χ1) is 15.5. The number of nitrogens with one attached hydrogen (secondary N) is 1. The van der Waals surface area contributed by atoms with E-state index in [2.05, 4.69) is 5.32 Å². The minimum Gasteiger partial charge on any atom is -0.496 e. The third-order valence-electron chi connectivity index (χ3n) is 5.45. The van der Waals surface area contributed by atoms with E-state index in [-0.39, 0.29) is 43.1 Å². The molecule has 1 aliphatic rings. The second-order valence-electron chi connectivity index (χ2n) is 7.74. The number of para-hydroxylation sites is 1. The molecule has 0 saturated carbocycles. The molecule has 32 heavy (non-hydrogen) atoms.